The van der Waals surface area contributed by atoms with Crippen LogP contribution in [-0.2, 0) is 10.0 Å². The van der Waals surface area contributed by atoms with Gasteiger partial charge in [0.1, 0.15) is 18.2 Å². The molecule has 2 saturated carbocycles. The van der Waals surface area contributed by atoms with E-state index in [4.69, 9.17) is 27.9 Å². The lowest BCUT2D eigenvalue weighted by atomic mass is 10.0. The van der Waals surface area contributed by atoms with E-state index in [9.17, 15) is 17.6 Å². The van der Waals surface area contributed by atoms with E-state index in [0.29, 0.717) is 28.5 Å². The average Bonchev–Trinajstić information content (AvgIpc) is 3.75. The molecule has 2 aromatic carbocycles. The van der Waals surface area contributed by atoms with E-state index in [1.165, 1.54) is 18.2 Å². The Morgan fingerprint density at radius 2 is 1.74 bits per heavy atom. The smallest absolute Gasteiger partial charge is 0.267 e. The lowest BCUT2D eigenvalue weighted by molar-refractivity contribution is 0.0977. The number of rotatable bonds is 9. The van der Waals surface area contributed by atoms with Crippen LogP contribution in [0.3, 0.4) is 0 Å². The molecule has 0 radical (unpaired) electrons. The minimum atomic E-state index is -3.82. The van der Waals surface area contributed by atoms with Gasteiger partial charge in [0, 0.05) is 28.5 Å². The highest BCUT2D eigenvalue weighted by atomic mass is 35.5. The second kappa shape index (κ2) is 10.2. The van der Waals surface area contributed by atoms with Crippen molar-refractivity contribution in [3.05, 3.63) is 87.4 Å². The highest BCUT2D eigenvalue weighted by Crippen LogP contribution is 2.45. The van der Waals surface area contributed by atoms with Gasteiger partial charge in [0.05, 0.1) is 16.9 Å². The van der Waals surface area contributed by atoms with Crippen LogP contribution >= 0.6 is 23.2 Å². The molecular formula is C27H26Cl2F2N2O4S. The molecule has 1 atom stereocenters. The van der Waals surface area contributed by atoms with Gasteiger partial charge in [0.15, 0.2) is 5.67 Å². The van der Waals surface area contributed by atoms with Crippen molar-refractivity contribution in [2.75, 3.05) is 6.61 Å². The molecule has 38 heavy (non-hydrogen) atoms. The zero-order valence-corrected chi connectivity index (χ0v) is 22.8. The molecule has 202 valence electrons. The third-order valence-electron chi connectivity index (χ3n) is 6.87. The fourth-order valence-corrected chi connectivity index (χ4v) is 6.12. The van der Waals surface area contributed by atoms with Crippen molar-refractivity contribution >= 4 is 39.1 Å². The first-order valence-electron chi connectivity index (χ1n) is 12.3. The maximum atomic E-state index is 15.6. The number of sulfonamides is 1. The number of amides is 1. The molecule has 1 aliphatic heterocycles. The van der Waals surface area contributed by atoms with E-state index >= 15 is 4.39 Å². The van der Waals surface area contributed by atoms with E-state index in [0.717, 1.165) is 24.5 Å². The second-order valence-electron chi connectivity index (χ2n) is 9.99. The Kier molecular flexibility index (Phi) is 7.22. The molecule has 0 saturated heterocycles. The van der Waals surface area contributed by atoms with Gasteiger partial charge >= 0.3 is 0 Å². The number of carbonyl (C=O) groups is 1. The lowest BCUT2D eigenvalue weighted by Gasteiger charge is -2.31. The van der Waals surface area contributed by atoms with Crippen LogP contribution in [0.1, 0.15) is 66.1 Å². The van der Waals surface area contributed by atoms with E-state index in [-0.39, 0.29) is 23.3 Å². The van der Waals surface area contributed by atoms with Crippen molar-refractivity contribution < 1.29 is 26.7 Å². The number of ether oxygens (including phenoxy) is 1. The monoisotopic (exact) mass is 582 g/mol. The fraction of sp³-hybridized carbons (Fsp3) is 0.370. The van der Waals surface area contributed by atoms with Crippen molar-refractivity contribution in [2.45, 2.75) is 55.5 Å². The highest BCUT2D eigenvalue weighted by molar-refractivity contribution is 7.91. The summed E-state index contributed by atoms with van der Waals surface area (Å²) in [6.07, 6.45) is 8.47. The topological polar surface area (TPSA) is 75.7 Å². The van der Waals surface area contributed by atoms with Crippen LogP contribution in [0, 0.1) is 5.82 Å². The van der Waals surface area contributed by atoms with Gasteiger partial charge in [-0.15, -0.1) is 0 Å². The summed E-state index contributed by atoms with van der Waals surface area (Å²) in [7, 11) is -3.82. The Labute approximate surface area is 230 Å². The normalized spacial score (nSPS) is 19.3. The number of nitrogens with zero attached hydrogens (tertiary/aromatic N) is 1. The van der Waals surface area contributed by atoms with Crippen molar-refractivity contribution in [1.82, 2.24) is 9.62 Å². The number of alkyl halides is 1. The maximum Gasteiger partial charge on any atom is 0.267 e. The number of hydrogen-bond acceptors (Lipinski definition) is 5. The quantitative estimate of drug-likeness (QED) is 0.369. The molecule has 0 aromatic heterocycles. The third-order valence-corrected chi connectivity index (χ3v) is 9.13. The first kappa shape index (κ1) is 27.0. The summed E-state index contributed by atoms with van der Waals surface area (Å²) in [6.45, 7) is 1.52. The molecule has 2 aromatic rings. The minimum absolute atomic E-state index is 0.0334. The molecule has 2 aliphatic carbocycles. The molecule has 1 amide bonds. The van der Waals surface area contributed by atoms with Gasteiger partial charge in [0.25, 0.3) is 5.91 Å². The molecule has 0 bridgehead atoms. The van der Waals surface area contributed by atoms with Crippen molar-refractivity contribution in [3.8, 4) is 5.75 Å². The highest BCUT2D eigenvalue weighted by Gasteiger charge is 2.38. The van der Waals surface area contributed by atoms with Crippen LogP contribution in [0.4, 0.5) is 8.78 Å². The largest absolute Gasteiger partial charge is 0.489 e. The van der Waals surface area contributed by atoms with Crippen LogP contribution in [0.25, 0.3) is 0 Å². The van der Waals surface area contributed by atoms with Crippen molar-refractivity contribution in [2.24, 2.45) is 0 Å². The first-order valence-corrected chi connectivity index (χ1v) is 14.6. The van der Waals surface area contributed by atoms with Gasteiger partial charge in [-0.1, -0.05) is 23.2 Å². The molecule has 6 nitrogen and oxygen atoms in total. The van der Waals surface area contributed by atoms with Gasteiger partial charge in [-0.2, -0.15) is 0 Å². The van der Waals surface area contributed by atoms with Gasteiger partial charge in [-0.3, -0.25) is 4.79 Å². The number of carbonyl (C=O) groups excluding carboxylic acids is 1. The molecule has 0 spiro atoms. The standard InChI is InChI=1S/C27H26Cl2F2N2O4S/c1-16(18-10-19(28)12-20(29)11-18)33-8-6-27(31,7-9-33)15-37-25-14-24(30)23(13-22(25)17-2-3-17)26(34)32-38(35,36)21-4-5-21/h6-14,16-17,21H,2-5,15H2,1H3,(H,32,34). The zero-order valence-electron chi connectivity index (χ0n) is 20.5. The molecule has 5 rings (SSSR count). The van der Waals surface area contributed by atoms with Gasteiger partial charge in [0.2, 0.25) is 10.0 Å². The summed E-state index contributed by atoms with van der Waals surface area (Å²) in [5.41, 5.74) is -0.908. The summed E-state index contributed by atoms with van der Waals surface area (Å²) in [6, 6.07) is 7.40. The van der Waals surface area contributed by atoms with E-state index < -0.39 is 39.3 Å². The Bertz CT molecular complexity index is 1400. The average molecular weight is 583 g/mol. The summed E-state index contributed by atoms with van der Waals surface area (Å²) < 4.78 is 62.4. The number of hydrogen-bond donors (Lipinski definition) is 1. The van der Waals surface area contributed by atoms with Crippen molar-refractivity contribution in [3.63, 3.8) is 0 Å². The lowest BCUT2D eigenvalue weighted by Crippen LogP contribution is -2.34. The summed E-state index contributed by atoms with van der Waals surface area (Å²) >= 11 is 12.2. The number of nitrogens with one attached hydrogen (secondary N) is 1. The van der Waals surface area contributed by atoms with Crippen LogP contribution in [0.5, 0.6) is 5.75 Å². The Balaban J connectivity index is 1.28. The Morgan fingerprint density at radius 1 is 1.11 bits per heavy atom. The Hall–Kier alpha value is -2.62. The predicted octanol–water partition coefficient (Wildman–Crippen LogP) is 6.42. The second-order valence-corrected chi connectivity index (χ2v) is 12.8. The van der Waals surface area contributed by atoms with Crippen LogP contribution in [-0.4, -0.2) is 36.8 Å². The number of benzene rings is 2. The van der Waals surface area contributed by atoms with Gasteiger partial charge in [-0.05, 0) is 86.1 Å². The first-order chi connectivity index (χ1) is 17.9. The molecule has 1 unspecified atom stereocenters. The molecule has 3 aliphatic rings. The summed E-state index contributed by atoms with van der Waals surface area (Å²) in [4.78, 5) is 14.3. The third kappa shape index (κ3) is 6.00. The van der Waals surface area contributed by atoms with Gasteiger partial charge in [-0.25, -0.2) is 21.9 Å². The van der Waals surface area contributed by atoms with Gasteiger partial charge < -0.3 is 9.64 Å². The Morgan fingerprint density at radius 3 is 2.32 bits per heavy atom. The van der Waals surface area contributed by atoms with E-state index in [1.54, 1.807) is 35.5 Å². The van der Waals surface area contributed by atoms with E-state index in [1.807, 2.05) is 11.6 Å². The maximum absolute atomic E-state index is 15.6. The number of halogens is 4. The molecule has 2 fully saturated rings. The molecular weight excluding hydrogens is 557 g/mol. The van der Waals surface area contributed by atoms with E-state index in [2.05, 4.69) is 0 Å². The molecule has 1 heterocycles. The van der Waals surface area contributed by atoms with Crippen LogP contribution in [0.15, 0.2) is 54.9 Å². The predicted molar refractivity (Wildman–Crippen MR) is 142 cm³/mol. The summed E-state index contributed by atoms with van der Waals surface area (Å²) in [5, 5.41) is 0.396. The van der Waals surface area contributed by atoms with Crippen LogP contribution in [0.2, 0.25) is 10.0 Å². The molecule has 1 N–H and O–H groups in total. The molecule has 11 heteroatoms. The van der Waals surface area contributed by atoms with Crippen LogP contribution < -0.4 is 9.46 Å². The SMILES string of the molecule is CC(c1cc(Cl)cc(Cl)c1)N1C=CC(F)(COc2cc(F)c(C(=O)NS(=O)(=O)C3CC3)cc2C2CC2)C=C1. The minimum Gasteiger partial charge on any atom is -0.489 e. The summed E-state index contributed by atoms with van der Waals surface area (Å²) in [5.74, 6) is -1.78. The van der Waals surface area contributed by atoms with Crippen molar-refractivity contribution in [1.29, 1.82) is 0 Å². The zero-order chi connectivity index (χ0) is 27.2. The fourth-order valence-electron chi connectivity index (χ4n) is 4.29.